The normalized spacial score (nSPS) is 16.5. The first-order chi connectivity index (χ1) is 14.2. The molecule has 0 bridgehead atoms. The highest BCUT2D eigenvalue weighted by atomic mass is 19.4. The number of rotatable bonds is 3. The van der Waals surface area contributed by atoms with Crippen molar-refractivity contribution in [2.45, 2.75) is 24.6 Å². The van der Waals surface area contributed by atoms with Crippen molar-refractivity contribution in [2.24, 2.45) is 0 Å². The molecule has 0 unspecified atom stereocenters. The summed E-state index contributed by atoms with van der Waals surface area (Å²) in [5.74, 6) is 0.174. The van der Waals surface area contributed by atoms with Gasteiger partial charge in [0, 0.05) is 18.7 Å². The van der Waals surface area contributed by atoms with Crippen molar-refractivity contribution in [1.82, 2.24) is 9.97 Å². The number of anilines is 1. The van der Waals surface area contributed by atoms with E-state index in [1.807, 2.05) is 4.90 Å². The zero-order valence-corrected chi connectivity index (χ0v) is 15.9. The standard InChI is InChI=1S/C22H19F4N3O/c23-18-6-4-16(5-7-18)21(30)8-10-29(11-9-21)20-14-27-13-19(28-20)15-2-1-3-17(12-15)22(24,25)26/h1-7,12-14,30H,8-11H2. The molecule has 1 N–H and O–H groups in total. The molecule has 0 amide bonds. The van der Waals surface area contributed by atoms with Gasteiger partial charge in [0.1, 0.15) is 11.6 Å². The van der Waals surface area contributed by atoms with E-state index in [-0.39, 0.29) is 5.82 Å². The molecule has 2 aromatic carbocycles. The minimum absolute atomic E-state index is 0.332. The van der Waals surface area contributed by atoms with Gasteiger partial charge in [0.25, 0.3) is 0 Å². The van der Waals surface area contributed by atoms with Crippen molar-refractivity contribution in [3.05, 3.63) is 77.9 Å². The molecule has 1 saturated heterocycles. The smallest absolute Gasteiger partial charge is 0.385 e. The molecule has 8 heteroatoms. The summed E-state index contributed by atoms with van der Waals surface area (Å²) in [5.41, 5.74) is -0.463. The van der Waals surface area contributed by atoms with Crippen LogP contribution in [0.2, 0.25) is 0 Å². The number of halogens is 4. The van der Waals surface area contributed by atoms with Crippen LogP contribution in [0.15, 0.2) is 60.9 Å². The molecule has 30 heavy (non-hydrogen) atoms. The van der Waals surface area contributed by atoms with Gasteiger partial charge in [-0.05, 0) is 42.7 Å². The van der Waals surface area contributed by atoms with E-state index in [4.69, 9.17) is 0 Å². The third-order valence-corrected chi connectivity index (χ3v) is 5.40. The first-order valence-electron chi connectivity index (χ1n) is 9.48. The van der Waals surface area contributed by atoms with Gasteiger partial charge in [0.2, 0.25) is 0 Å². The Morgan fingerprint density at radius 2 is 1.67 bits per heavy atom. The van der Waals surface area contributed by atoms with Gasteiger partial charge in [0.05, 0.1) is 29.3 Å². The van der Waals surface area contributed by atoms with Crippen LogP contribution in [0.1, 0.15) is 24.0 Å². The lowest BCUT2D eigenvalue weighted by atomic mass is 9.84. The van der Waals surface area contributed by atoms with E-state index in [2.05, 4.69) is 9.97 Å². The largest absolute Gasteiger partial charge is 0.416 e. The van der Waals surface area contributed by atoms with Gasteiger partial charge < -0.3 is 10.0 Å². The van der Waals surface area contributed by atoms with Crippen molar-refractivity contribution in [1.29, 1.82) is 0 Å². The second kappa shape index (κ2) is 7.68. The Morgan fingerprint density at radius 1 is 0.967 bits per heavy atom. The van der Waals surface area contributed by atoms with Crippen molar-refractivity contribution in [3.63, 3.8) is 0 Å². The van der Waals surface area contributed by atoms with Crippen molar-refractivity contribution >= 4 is 5.82 Å². The molecule has 2 heterocycles. The Morgan fingerprint density at radius 3 is 2.33 bits per heavy atom. The summed E-state index contributed by atoms with van der Waals surface area (Å²) in [5, 5.41) is 10.9. The predicted molar refractivity (Wildman–Crippen MR) is 104 cm³/mol. The topological polar surface area (TPSA) is 49.2 Å². The minimum atomic E-state index is -4.43. The zero-order valence-electron chi connectivity index (χ0n) is 15.9. The summed E-state index contributed by atoms with van der Waals surface area (Å²) in [4.78, 5) is 10.6. The molecule has 4 nitrogen and oxygen atoms in total. The highest BCUT2D eigenvalue weighted by molar-refractivity contribution is 5.61. The molecule has 0 atom stereocenters. The second-order valence-corrected chi connectivity index (χ2v) is 7.37. The second-order valence-electron chi connectivity index (χ2n) is 7.37. The van der Waals surface area contributed by atoms with Crippen molar-refractivity contribution < 1.29 is 22.7 Å². The van der Waals surface area contributed by atoms with Crippen LogP contribution < -0.4 is 4.90 Å². The number of alkyl halides is 3. The van der Waals surface area contributed by atoms with Gasteiger partial charge in [-0.25, -0.2) is 9.37 Å². The van der Waals surface area contributed by atoms with Crippen LogP contribution in [0, 0.1) is 5.82 Å². The van der Waals surface area contributed by atoms with Crippen LogP contribution in [-0.4, -0.2) is 28.2 Å². The lowest BCUT2D eigenvalue weighted by molar-refractivity contribution is -0.137. The summed E-state index contributed by atoms with van der Waals surface area (Å²) in [6, 6.07) is 10.8. The van der Waals surface area contributed by atoms with Crippen LogP contribution in [0.4, 0.5) is 23.4 Å². The minimum Gasteiger partial charge on any atom is -0.385 e. The Balaban J connectivity index is 1.52. The zero-order chi connectivity index (χ0) is 21.4. The van der Waals surface area contributed by atoms with Gasteiger partial charge in [-0.2, -0.15) is 13.2 Å². The molecule has 0 saturated carbocycles. The third kappa shape index (κ3) is 4.14. The number of piperidine rings is 1. The summed E-state index contributed by atoms with van der Waals surface area (Å²) >= 11 is 0. The maximum Gasteiger partial charge on any atom is 0.416 e. The summed E-state index contributed by atoms with van der Waals surface area (Å²) in [6.07, 6.45) is -0.627. The van der Waals surface area contributed by atoms with E-state index in [9.17, 15) is 22.7 Å². The van der Waals surface area contributed by atoms with E-state index in [1.54, 1.807) is 24.4 Å². The lowest BCUT2D eigenvalue weighted by Crippen LogP contribution is -2.43. The van der Waals surface area contributed by atoms with Crippen LogP contribution >= 0.6 is 0 Å². The molecule has 3 aromatic rings. The number of aliphatic hydroxyl groups is 1. The number of hydrogen-bond donors (Lipinski definition) is 1. The number of aromatic nitrogens is 2. The van der Waals surface area contributed by atoms with E-state index < -0.39 is 17.3 Å². The Labute approximate surface area is 170 Å². The highest BCUT2D eigenvalue weighted by Gasteiger charge is 2.34. The van der Waals surface area contributed by atoms with E-state index >= 15 is 0 Å². The Kier molecular flexibility index (Phi) is 5.19. The quantitative estimate of drug-likeness (QED) is 0.623. The average molecular weight is 417 g/mol. The molecule has 1 aliphatic rings. The van der Waals surface area contributed by atoms with Gasteiger partial charge in [-0.3, -0.25) is 4.98 Å². The maximum absolute atomic E-state index is 13.2. The highest BCUT2D eigenvalue weighted by Crippen LogP contribution is 2.35. The van der Waals surface area contributed by atoms with Gasteiger partial charge >= 0.3 is 6.18 Å². The van der Waals surface area contributed by atoms with Crippen LogP contribution in [0.25, 0.3) is 11.3 Å². The Hall–Kier alpha value is -3.00. The van der Waals surface area contributed by atoms with Gasteiger partial charge in [-0.1, -0.05) is 24.3 Å². The molecule has 4 rings (SSSR count). The third-order valence-electron chi connectivity index (χ3n) is 5.40. The predicted octanol–water partition coefficient (Wildman–Crippen LogP) is 4.79. The number of nitrogens with zero attached hydrogens (tertiary/aromatic N) is 3. The monoisotopic (exact) mass is 417 g/mol. The van der Waals surface area contributed by atoms with Crippen molar-refractivity contribution in [3.8, 4) is 11.3 Å². The molecule has 156 valence electrons. The molecule has 0 aliphatic carbocycles. The van der Waals surface area contributed by atoms with E-state index in [0.717, 1.165) is 12.1 Å². The number of hydrogen-bond acceptors (Lipinski definition) is 4. The summed E-state index contributed by atoms with van der Waals surface area (Å²) in [6.45, 7) is 0.962. The fourth-order valence-corrected chi connectivity index (χ4v) is 3.66. The average Bonchev–Trinajstić information content (AvgIpc) is 2.74. The molecule has 0 spiro atoms. The molecule has 1 aromatic heterocycles. The van der Waals surface area contributed by atoms with E-state index in [1.165, 1.54) is 24.4 Å². The maximum atomic E-state index is 13.2. The van der Waals surface area contributed by atoms with Crippen molar-refractivity contribution in [2.75, 3.05) is 18.0 Å². The van der Waals surface area contributed by atoms with Crippen LogP contribution in [0.5, 0.6) is 0 Å². The summed E-state index contributed by atoms with van der Waals surface area (Å²) in [7, 11) is 0. The van der Waals surface area contributed by atoms with Crippen LogP contribution in [-0.2, 0) is 11.8 Å². The molecule has 1 fully saturated rings. The molecule has 1 aliphatic heterocycles. The van der Waals surface area contributed by atoms with Crippen LogP contribution in [0.3, 0.4) is 0 Å². The number of benzene rings is 2. The van der Waals surface area contributed by atoms with Gasteiger partial charge in [0.15, 0.2) is 0 Å². The Bertz CT molecular complexity index is 1030. The fourth-order valence-electron chi connectivity index (χ4n) is 3.66. The van der Waals surface area contributed by atoms with Gasteiger partial charge in [-0.15, -0.1) is 0 Å². The SMILES string of the molecule is OC1(c2ccc(F)cc2)CCN(c2cncc(-c3cccc(C(F)(F)F)c3)n2)CC1. The first kappa shape index (κ1) is 20.3. The molecular weight excluding hydrogens is 398 g/mol. The summed E-state index contributed by atoms with van der Waals surface area (Å²) < 4.78 is 52.2. The molecule has 0 radical (unpaired) electrons. The first-order valence-corrected chi connectivity index (χ1v) is 9.48. The fraction of sp³-hybridized carbons (Fsp3) is 0.273. The lowest BCUT2D eigenvalue weighted by Gasteiger charge is -2.39. The molecular formula is C22H19F4N3O. The van der Waals surface area contributed by atoms with E-state index in [0.29, 0.717) is 48.6 Å².